The van der Waals surface area contributed by atoms with E-state index >= 15 is 0 Å². The zero-order chi connectivity index (χ0) is 13.7. The second-order valence-electron chi connectivity index (χ2n) is 3.83. The van der Waals surface area contributed by atoms with Gasteiger partial charge in [0.15, 0.2) is 11.6 Å². The van der Waals surface area contributed by atoms with Gasteiger partial charge in [0.1, 0.15) is 0 Å². The fraction of sp³-hybridized carbons (Fsp3) is 0.231. The van der Waals surface area contributed by atoms with Gasteiger partial charge in [0.2, 0.25) is 0 Å². The van der Waals surface area contributed by atoms with Crippen LogP contribution in [0.15, 0.2) is 35.1 Å². The van der Waals surface area contributed by atoms with Crippen molar-refractivity contribution in [2.75, 3.05) is 6.54 Å². The summed E-state index contributed by atoms with van der Waals surface area (Å²) in [7, 11) is 0. The Bertz CT molecular complexity index is 548. The van der Waals surface area contributed by atoms with Crippen LogP contribution >= 0.6 is 15.9 Å². The Morgan fingerprint density at radius 2 is 2.05 bits per heavy atom. The third-order valence-electron chi connectivity index (χ3n) is 2.36. The highest BCUT2D eigenvalue weighted by molar-refractivity contribution is 9.10. The van der Waals surface area contributed by atoms with Gasteiger partial charge in [-0.1, -0.05) is 22.9 Å². The van der Waals surface area contributed by atoms with Gasteiger partial charge in [-0.25, -0.2) is 14.4 Å². The van der Waals surface area contributed by atoms with E-state index in [1.807, 2.05) is 6.92 Å². The van der Waals surface area contributed by atoms with Gasteiger partial charge in [0.25, 0.3) is 0 Å². The molecule has 1 heterocycles. The van der Waals surface area contributed by atoms with Crippen molar-refractivity contribution in [1.29, 1.82) is 0 Å². The zero-order valence-corrected chi connectivity index (χ0v) is 11.9. The highest BCUT2D eigenvalue weighted by Gasteiger charge is 2.07. The monoisotopic (exact) mass is 325 g/mol. The molecule has 0 spiro atoms. The van der Waals surface area contributed by atoms with Gasteiger partial charge in [-0.05, 0) is 24.7 Å². The minimum absolute atomic E-state index is 0.0997. The van der Waals surface area contributed by atoms with Gasteiger partial charge in [-0.2, -0.15) is 0 Å². The molecule has 4 nitrogen and oxygen atoms in total. The van der Waals surface area contributed by atoms with E-state index in [2.05, 4.69) is 31.2 Å². The average molecular weight is 326 g/mol. The van der Waals surface area contributed by atoms with Crippen molar-refractivity contribution in [3.63, 3.8) is 0 Å². The highest BCUT2D eigenvalue weighted by Crippen LogP contribution is 2.24. The Balaban J connectivity index is 2.06. The van der Waals surface area contributed by atoms with Crippen LogP contribution in [0, 0.1) is 5.82 Å². The van der Waals surface area contributed by atoms with E-state index in [0.717, 1.165) is 12.1 Å². The van der Waals surface area contributed by atoms with Crippen LogP contribution in [0.5, 0.6) is 11.8 Å². The third kappa shape index (κ3) is 3.97. The molecule has 0 unspecified atom stereocenters. The summed E-state index contributed by atoms with van der Waals surface area (Å²) in [4.78, 5) is 8.08. The van der Waals surface area contributed by atoms with E-state index in [1.165, 1.54) is 12.1 Å². The standard InChI is InChI=1S/C13H13BrFN3O/c1-2-16-6-9-7-17-13(18-8-9)19-12-4-3-10(14)5-11(12)15/h3-5,7-8,16H,2,6H2,1H3. The maximum absolute atomic E-state index is 13.6. The van der Waals surface area contributed by atoms with Crippen LogP contribution in [-0.2, 0) is 6.54 Å². The molecule has 6 heteroatoms. The molecule has 0 bridgehead atoms. The van der Waals surface area contributed by atoms with Crippen LogP contribution in [0.1, 0.15) is 12.5 Å². The highest BCUT2D eigenvalue weighted by atomic mass is 79.9. The lowest BCUT2D eigenvalue weighted by molar-refractivity contribution is 0.410. The molecular formula is C13H13BrFN3O. The predicted octanol–water partition coefficient (Wildman–Crippen LogP) is 3.28. The van der Waals surface area contributed by atoms with Crippen LogP contribution in [0.25, 0.3) is 0 Å². The number of benzene rings is 1. The molecule has 0 saturated carbocycles. The Labute approximate surface area is 119 Å². The van der Waals surface area contributed by atoms with Crippen LogP contribution in [-0.4, -0.2) is 16.5 Å². The van der Waals surface area contributed by atoms with Crippen molar-refractivity contribution in [1.82, 2.24) is 15.3 Å². The van der Waals surface area contributed by atoms with Gasteiger partial charge in [-0.3, -0.25) is 0 Å². The molecule has 100 valence electrons. The van der Waals surface area contributed by atoms with Crippen LogP contribution < -0.4 is 10.1 Å². The minimum Gasteiger partial charge on any atom is -0.421 e. The summed E-state index contributed by atoms with van der Waals surface area (Å²) >= 11 is 3.18. The smallest absolute Gasteiger partial charge is 0.321 e. The van der Waals surface area contributed by atoms with E-state index in [4.69, 9.17) is 4.74 Å². The number of halogens is 2. The summed E-state index contributed by atoms with van der Waals surface area (Å²) in [5, 5.41) is 3.16. The summed E-state index contributed by atoms with van der Waals surface area (Å²) in [5.41, 5.74) is 0.950. The lowest BCUT2D eigenvalue weighted by Gasteiger charge is -2.06. The Hall–Kier alpha value is -1.53. The van der Waals surface area contributed by atoms with E-state index in [-0.39, 0.29) is 11.8 Å². The van der Waals surface area contributed by atoms with E-state index in [9.17, 15) is 4.39 Å². The molecule has 0 saturated heterocycles. The molecule has 0 radical (unpaired) electrons. The Kier molecular flexibility index (Phi) is 4.81. The topological polar surface area (TPSA) is 47.0 Å². The number of nitrogens with one attached hydrogen (secondary N) is 1. The molecule has 1 aromatic heterocycles. The first kappa shape index (κ1) is 13.9. The van der Waals surface area contributed by atoms with E-state index in [1.54, 1.807) is 18.5 Å². The molecule has 1 aromatic carbocycles. The van der Waals surface area contributed by atoms with Gasteiger partial charge < -0.3 is 10.1 Å². The van der Waals surface area contributed by atoms with Crippen molar-refractivity contribution in [2.24, 2.45) is 0 Å². The molecule has 0 fully saturated rings. The number of hydrogen-bond acceptors (Lipinski definition) is 4. The van der Waals surface area contributed by atoms with Gasteiger partial charge >= 0.3 is 6.01 Å². The second kappa shape index (κ2) is 6.58. The van der Waals surface area contributed by atoms with Gasteiger partial charge in [0, 0.05) is 29.0 Å². The molecule has 0 amide bonds. The summed E-state index contributed by atoms with van der Waals surface area (Å²) in [6.45, 7) is 3.60. The molecule has 1 N–H and O–H groups in total. The SMILES string of the molecule is CCNCc1cnc(Oc2ccc(Br)cc2F)nc1. The maximum atomic E-state index is 13.6. The lowest BCUT2D eigenvalue weighted by atomic mass is 10.3. The Morgan fingerprint density at radius 3 is 2.68 bits per heavy atom. The third-order valence-corrected chi connectivity index (χ3v) is 2.85. The average Bonchev–Trinajstić information content (AvgIpc) is 2.41. The first-order chi connectivity index (χ1) is 9.19. The van der Waals surface area contributed by atoms with E-state index < -0.39 is 5.82 Å². The molecule has 19 heavy (non-hydrogen) atoms. The van der Waals surface area contributed by atoms with Gasteiger partial charge in [0.05, 0.1) is 0 Å². The van der Waals surface area contributed by atoms with Crippen LogP contribution in [0.4, 0.5) is 4.39 Å². The maximum Gasteiger partial charge on any atom is 0.321 e. The Morgan fingerprint density at radius 1 is 1.32 bits per heavy atom. The summed E-state index contributed by atoms with van der Waals surface area (Å²) in [6, 6.07) is 4.67. The lowest BCUT2D eigenvalue weighted by Crippen LogP contribution is -2.12. The molecule has 0 atom stereocenters. The fourth-order valence-corrected chi connectivity index (χ4v) is 1.75. The van der Waals surface area contributed by atoms with Crippen molar-refractivity contribution in [3.05, 3.63) is 46.4 Å². The molecule has 2 aromatic rings. The molecule has 0 aliphatic rings. The van der Waals surface area contributed by atoms with Gasteiger partial charge in [-0.15, -0.1) is 0 Å². The van der Waals surface area contributed by atoms with Crippen molar-refractivity contribution >= 4 is 15.9 Å². The van der Waals surface area contributed by atoms with Crippen LogP contribution in [0.2, 0.25) is 0 Å². The summed E-state index contributed by atoms with van der Waals surface area (Å²) in [6.07, 6.45) is 3.31. The first-order valence-electron chi connectivity index (χ1n) is 5.83. The van der Waals surface area contributed by atoms with Crippen molar-refractivity contribution in [3.8, 4) is 11.8 Å². The quantitative estimate of drug-likeness (QED) is 0.916. The summed E-state index contributed by atoms with van der Waals surface area (Å²) < 4.78 is 19.5. The number of rotatable bonds is 5. The molecule has 0 aliphatic heterocycles. The number of ether oxygens (including phenoxy) is 1. The van der Waals surface area contributed by atoms with Crippen molar-refractivity contribution in [2.45, 2.75) is 13.5 Å². The number of hydrogen-bond donors (Lipinski definition) is 1. The van der Waals surface area contributed by atoms with E-state index in [0.29, 0.717) is 11.0 Å². The second-order valence-corrected chi connectivity index (χ2v) is 4.75. The largest absolute Gasteiger partial charge is 0.421 e. The molecule has 0 aliphatic carbocycles. The zero-order valence-electron chi connectivity index (χ0n) is 10.4. The number of aromatic nitrogens is 2. The fourth-order valence-electron chi connectivity index (χ4n) is 1.41. The predicted molar refractivity (Wildman–Crippen MR) is 73.6 cm³/mol. The minimum atomic E-state index is -0.463. The van der Waals surface area contributed by atoms with Crippen LogP contribution in [0.3, 0.4) is 0 Å². The summed E-state index contributed by atoms with van der Waals surface area (Å²) in [5.74, 6) is -0.364. The number of nitrogens with zero attached hydrogens (tertiary/aromatic N) is 2. The molecule has 2 rings (SSSR count). The normalized spacial score (nSPS) is 10.5. The first-order valence-corrected chi connectivity index (χ1v) is 6.63. The molecular weight excluding hydrogens is 313 g/mol. The van der Waals surface area contributed by atoms with Crippen molar-refractivity contribution < 1.29 is 9.13 Å².